The monoisotopic (exact) mass is 337 g/mol. The molecular weight excluding hydrogens is 318 g/mol. The molecule has 0 aliphatic carbocycles. The summed E-state index contributed by atoms with van der Waals surface area (Å²) < 4.78 is 8.17. The van der Waals surface area contributed by atoms with Gasteiger partial charge in [0.25, 0.3) is 0 Å². The van der Waals surface area contributed by atoms with E-state index in [-0.39, 0.29) is 12.1 Å². The summed E-state index contributed by atoms with van der Waals surface area (Å²) in [4.78, 5) is 0. The average molecular weight is 338 g/mol. The molecule has 20 heavy (non-hydrogen) atoms. The molecule has 2 N–H and O–H groups in total. The topological polar surface area (TPSA) is 53.1 Å². The molecule has 1 heterocycles. The van der Waals surface area contributed by atoms with E-state index in [9.17, 15) is 0 Å². The van der Waals surface area contributed by atoms with Crippen LogP contribution in [0.1, 0.15) is 37.2 Å². The van der Waals surface area contributed by atoms with Crippen LogP contribution in [0.5, 0.6) is 5.75 Å². The van der Waals surface area contributed by atoms with Gasteiger partial charge >= 0.3 is 0 Å². The number of nitrogens with two attached hydrogens (primary N) is 1. The SMILES string of the molecule is COc1cccc(CC(N)c2c(Br)cnn2C(C)C)c1. The van der Waals surface area contributed by atoms with Crippen LogP contribution < -0.4 is 10.5 Å². The molecule has 2 aromatic rings. The Morgan fingerprint density at radius 1 is 1.40 bits per heavy atom. The fourth-order valence-electron chi connectivity index (χ4n) is 2.26. The maximum absolute atomic E-state index is 6.37. The maximum Gasteiger partial charge on any atom is 0.119 e. The summed E-state index contributed by atoms with van der Waals surface area (Å²) in [6.45, 7) is 4.20. The standard InChI is InChI=1S/C15H20BrN3O/c1-10(2)19-15(13(16)9-18-19)14(17)8-11-5-4-6-12(7-11)20-3/h4-7,9-10,14H,8,17H2,1-3H3. The minimum Gasteiger partial charge on any atom is -0.497 e. The zero-order valence-electron chi connectivity index (χ0n) is 12.0. The Hall–Kier alpha value is -1.33. The maximum atomic E-state index is 6.37. The first kappa shape index (κ1) is 15.1. The van der Waals surface area contributed by atoms with Crippen LogP contribution in [0.2, 0.25) is 0 Å². The number of hydrogen-bond acceptors (Lipinski definition) is 3. The number of ether oxygens (including phenoxy) is 1. The molecule has 108 valence electrons. The molecule has 0 bridgehead atoms. The Bertz CT molecular complexity index is 580. The van der Waals surface area contributed by atoms with Gasteiger partial charge in [0.1, 0.15) is 5.75 Å². The second kappa shape index (κ2) is 6.41. The lowest BCUT2D eigenvalue weighted by Crippen LogP contribution is -2.20. The molecule has 0 amide bonds. The number of benzene rings is 1. The lowest BCUT2D eigenvalue weighted by Gasteiger charge is -2.18. The zero-order valence-corrected chi connectivity index (χ0v) is 13.6. The van der Waals surface area contributed by atoms with E-state index in [1.54, 1.807) is 13.3 Å². The van der Waals surface area contributed by atoms with Gasteiger partial charge in [0.15, 0.2) is 0 Å². The third-order valence-corrected chi connectivity index (χ3v) is 3.83. The van der Waals surface area contributed by atoms with E-state index in [0.29, 0.717) is 0 Å². The van der Waals surface area contributed by atoms with E-state index in [4.69, 9.17) is 10.5 Å². The van der Waals surface area contributed by atoms with Crippen molar-refractivity contribution >= 4 is 15.9 Å². The van der Waals surface area contributed by atoms with Gasteiger partial charge in [-0.1, -0.05) is 12.1 Å². The van der Waals surface area contributed by atoms with Crippen LogP contribution in [-0.4, -0.2) is 16.9 Å². The summed E-state index contributed by atoms with van der Waals surface area (Å²) in [5, 5.41) is 4.38. The van der Waals surface area contributed by atoms with E-state index in [2.05, 4.69) is 40.9 Å². The van der Waals surface area contributed by atoms with Gasteiger partial charge in [-0.2, -0.15) is 5.10 Å². The van der Waals surface area contributed by atoms with Gasteiger partial charge in [-0.05, 0) is 53.9 Å². The average Bonchev–Trinajstić information content (AvgIpc) is 2.81. The fourth-order valence-corrected chi connectivity index (χ4v) is 2.83. The largest absolute Gasteiger partial charge is 0.497 e. The Balaban J connectivity index is 2.23. The molecule has 0 radical (unpaired) electrons. The Kier molecular flexibility index (Phi) is 4.83. The summed E-state index contributed by atoms with van der Waals surface area (Å²) in [6.07, 6.45) is 2.55. The smallest absolute Gasteiger partial charge is 0.119 e. The van der Waals surface area contributed by atoms with Crippen LogP contribution in [0, 0.1) is 0 Å². The second-order valence-electron chi connectivity index (χ2n) is 5.08. The first-order valence-electron chi connectivity index (χ1n) is 6.64. The Morgan fingerprint density at radius 2 is 2.15 bits per heavy atom. The van der Waals surface area contributed by atoms with E-state index < -0.39 is 0 Å². The summed E-state index contributed by atoms with van der Waals surface area (Å²) in [5.74, 6) is 0.853. The normalized spacial score (nSPS) is 12.7. The predicted octanol–water partition coefficient (Wildman–Crippen LogP) is 3.48. The van der Waals surface area contributed by atoms with Crippen LogP contribution in [0.4, 0.5) is 0 Å². The number of rotatable bonds is 5. The van der Waals surface area contributed by atoms with Gasteiger partial charge < -0.3 is 10.5 Å². The summed E-state index contributed by atoms with van der Waals surface area (Å²) in [6, 6.07) is 8.17. The number of methoxy groups -OCH3 is 1. The van der Waals surface area contributed by atoms with Crippen molar-refractivity contribution in [3.8, 4) is 5.75 Å². The van der Waals surface area contributed by atoms with E-state index in [1.165, 1.54) is 0 Å². The van der Waals surface area contributed by atoms with Crippen molar-refractivity contribution in [2.45, 2.75) is 32.4 Å². The quantitative estimate of drug-likeness (QED) is 0.908. The van der Waals surface area contributed by atoms with Crippen LogP contribution in [0.15, 0.2) is 34.9 Å². The van der Waals surface area contributed by atoms with Crippen LogP contribution in [0.25, 0.3) is 0 Å². The van der Waals surface area contributed by atoms with Crippen molar-refractivity contribution in [1.82, 2.24) is 9.78 Å². The van der Waals surface area contributed by atoms with Crippen molar-refractivity contribution in [2.24, 2.45) is 5.73 Å². The minimum atomic E-state index is -0.110. The number of hydrogen-bond donors (Lipinski definition) is 1. The van der Waals surface area contributed by atoms with E-state index in [0.717, 1.165) is 27.9 Å². The van der Waals surface area contributed by atoms with Crippen molar-refractivity contribution in [2.75, 3.05) is 7.11 Å². The van der Waals surface area contributed by atoms with Gasteiger partial charge in [-0.15, -0.1) is 0 Å². The predicted molar refractivity (Wildman–Crippen MR) is 83.9 cm³/mol. The van der Waals surface area contributed by atoms with Gasteiger partial charge in [-0.3, -0.25) is 4.68 Å². The molecule has 1 unspecified atom stereocenters. The lowest BCUT2D eigenvalue weighted by atomic mass is 10.0. The highest BCUT2D eigenvalue weighted by atomic mass is 79.9. The summed E-state index contributed by atoms with van der Waals surface area (Å²) in [7, 11) is 1.67. The molecule has 1 atom stereocenters. The van der Waals surface area contributed by atoms with Crippen LogP contribution in [0.3, 0.4) is 0 Å². The van der Waals surface area contributed by atoms with Crippen LogP contribution >= 0.6 is 15.9 Å². The van der Waals surface area contributed by atoms with Gasteiger partial charge in [0.2, 0.25) is 0 Å². The molecule has 0 saturated carbocycles. The molecule has 0 aliphatic rings. The molecule has 0 aliphatic heterocycles. The lowest BCUT2D eigenvalue weighted by molar-refractivity contribution is 0.414. The van der Waals surface area contributed by atoms with Crippen molar-refractivity contribution in [1.29, 1.82) is 0 Å². The van der Waals surface area contributed by atoms with E-state index in [1.807, 2.05) is 22.9 Å². The van der Waals surface area contributed by atoms with Gasteiger partial charge in [0.05, 0.1) is 29.5 Å². The van der Waals surface area contributed by atoms with Crippen molar-refractivity contribution in [3.05, 3.63) is 46.2 Å². The molecule has 4 nitrogen and oxygen atoms in total. The van der Waals surface area contributed by atoms with Crippen LogP contribution in [-0.2, 0) is 6.42 Å². The number of halogens is 1. The van der Waals surface area contributed by atoms with Crippen molar-refractivity contribution < 1.29 is 4.74 Å². The minimum absolute atomic E-state index is 0.110. The molecule has 0 fully saturated rings. The Labute approximate surface area is 128 Å². The third-order valence-electron chi connectivity index (χ3n) is 3.22. The summed E-state index contributed by atoms with van der Waals surface area (Å²) in [5.41, 5.74) is 8.55. The molecule has 1 aromatic carbocycles. The highest BCUT2D eigenvalue weighted by Crippen LogP contribution is 2.27. The molecular formula is C15H20BrN3O. The first-order chi connectivity index (χ1) is 9.52. The second-order valence-corrected chi connectivity index (χ2v) is 5.93. The van der Waals surface area contributed by atoms with Gasteiger partial charge in [-0.25, -0.2) is 0 Å². The molecule has 1 aromatic heterocycles. The molecule has 0 spiro atoms. The molecule has 2 rings (SSSR count). The highest BCUT2D eigenvalue weighted by Gasteiger charge is 2.18. The highest BCUT2D eigenvalue weighted by molar-refractivity contribution is 9.10. The molecule has 0 saturated heterocycles. The van der Waals surface area contributed by atoms with Crippen molar-refractivity contribution in [3.63, 3.8) is 0 Å². The van der Waals surface area contributed by atoms with Gasteiger partial charge in [0, 0.05) is 6.04 Å². The number of nitrogens with zero attached hydrogens (tertiary/aromatic N) is 2. The first-order valence-corrected chi connectivity index (χ1v) is 7.43. The zero-order chi connectivity index (χ0) is 14.7. The summed E-state index contributed by atoms with van der Waals surface area (Å²) >= 11 is 3.54. The Morgan fingerprint density at radius 3 is 2.80 bits per heavy atom. The third kappa shape index (κ3) is 3.22. The molecule has 5 heteroatoms. The van der Waals surface area contributed by atoms with E-state index >= 15 is 0 Å². The number of aromatic nitrogens is 2. The fraction of sp³-hybridized carbons (Fsp3) is 0.400.